The first-order valence-electron chi connectivity index (χ1n) is 12.8. The van der Waals surface area contributed by atoms with Crippen LogP contribution in [0.25, 0.3) is 22.6 Å². The van der Waals surface area contributed by atoms with Crippen LogP contribution in [0.1, 0.15) is 90.4 Å². The third-order valence-corrected chi connectivity index (χ3v) is 7.17. The Morgan fingerprint density at radius 3 is 2.44 bits per heavy atom. The van der Waals surface area contributed by atoms with Crippen LogP contribution in [0, 0.1) is 11.3 Å². The number of amides is 1. The number of nitriles is 1. The van der Waals surface area contributed by atoms with Crippen molar-refractivity contribution in [3.8, 4) is 17.5 Å². The van der Waals surface area contributed by atoms with Gasteiger partial charge in [-0.2, -0.15) is 5.26 Å². The largest absolute Gasteiger partial charge is 0.436 e. The lowest BCUT2D eigenvalue weighted by Crippen LogP contribution is -2.22. The monoisotopic (exact) mass is 477 g/mol. The van der Waals surface area contributed by atoms with Gasteiger partial charge in [-0.1, -0.05) is 57.4 Å². The highest BCUT2D eigenvalue weighted by Gasteiger charge is 2.17. The molecule has 1 saturated carbocycles. The van der Waals surface area contributed by atoms with Crippen molar-refractivity contribution in [3.63, 3.8) is 0 Å². The lowest BCUT2D eigenvalue weighted by Gasteiger charge is -2.22. The average Bonchev–Trinajstić information content (AvgIpc) is 3.36. The number of nitrogens with one attached hydrogen (secondary N) is 1. The highest BCUT2D eigenvalue weighted by atomic mass is 16.3. The minimum absolute atomic E-state index is 0.115. The summed E-state index contributed by atoms with van der Waals surface area (Å²) in [6.07, 6.45) is 6.59. The minimum Gasteiger partial charge on any atom is -0.436 e. The Kier molecular flexibility index (Phi) is 6.86. The number of oxazole rings is 1. The Morgan fingerprint density at radius 2 is 1.78 bits per heavy atom. The fraction of sp³-hybridized carbons (Fsp3) is 0.323. The third-order valence-electron chi connectivity index (χ3n) is 7.17. The molecule has 1 fully saturated rings. The van der Waals surface area contributed by atoms with E-state index in [0.29, 0.717) is 40.6 Å². The van der Waals surface area contributed by atoms with E-state index >= 15 is 0 Å². The summed E-state index contributed by atoms with van der Waals surface area (Å²) in [5.74, 6) is 1.26. The van der Waals surface area contributed by atoms with Gasteiger partial charge in [-0.05, 0) is 72.2 Å². The maximum atomic E-state index is 12.7. The fourth-order valence-electron chi connectivity index (χ4n) is 5.07. The van der Waals surface area contributed by atoms with Gasteiger partial charge < -0.3 is 9.73 Å². The lowest BCUT2D eigenvalue weighted by molar-refractivity contribution is 0.0951. The molecular weight excluding hydrogens is 446 g/mol. The molecule has 0 atom stereocenters. The molecule has 1 aromatic heterocycles. The second-order valence-electron chi connectivity index (χ2n) is 10.0. The summed E-state index contributed by atoms with van der Waals surface area (Å²) in [4.78, 5) is 17.3. The Bertz CT molecular complexity index is 1400. The topological polar surface area (TPSA) is 78.9 Å². The zero-order valence-electron chi connectivity index (χ0n) is 20.9. The second kappa shape index (κ2) is 10.4. The molecule has 182 valence electrons. The first kappa shape index (κ1) is 23.8. The Balaban J connectivity index is 1.25. The van der Waals surface area contributed by atoms with Gasteiger partial charge in [0.25, 0.3) is 5.91 Å². The van der Waals surface area contributed by atoms with Gasteiger partial charge in [0.1, 0.15) is 5.52 Å². The molecule has 5 nitrogen and oxygen atoms in total. The van der Waals surface area contributed by atoms with Crippen LogP contribution in [-0.4, -0.2) is 10.9 Å². The summed E-state index contributed by atoms with van der Waals surface area (Å²) in [5.41, 5.74) is 6.80. The number of hydrogen-bond donors (Lipinski definition) is 1. The molecule has 0 unspecified atom stereocenters. The number of benzene rings is 3. The number of carbonyl (C=O) groups is 1. The first-order valence-corrected chi connectivity index (χ1v) is 12.8. The highest BCUT2D eigenvalue weighted by Crippen LogP contribution is 2.33. The maximum Gasteiger partial charge on any atom is 0.251 e. The van der Waals surface area contributed by atoms with E-state index in [2.05, 4.69) is 54.5 Å². The Labute approximate surface area is 212 Å². The van der Waals surface area contributed by atoms with Crippen LogP contribution >= 0.6 is 0 Å². The molecule has 36 heavy (non-hydrogen) atoms. The highest BCUT2D eigenvalue weighted by molar-refractivity contribution is 5.94. The molecule has 4 aromatic rings. The molecule has 3 aromatic carbocycles. The van der Waals surface area contributed by atoms with E-state index in [4.69, 9.17) is 4.42 Å². The quantitative estimate of drug-likeness (QED) is 0.312. The molecule has 1 aliphatic carbocycles. The van der Waals surface area contributed by atoms with Gasteiger partial charge in [0.05, 0.1) is 11.6 Å². The zero-order chi connectivity index (χ0) is 25.1. The lowest BCUT2D eigenvalue weighted by atomic mass is 9.84. The summed E-state index contributed by atoms with van der Waals surface area (Å²) in [6.45, 7) is 4.63. The van der Waals surface area contributed by atoms with Crippen molar-refractivity contribution in [2.24, 2.45) is 0 Å². The first-order chi connectivity index (χ1) is 17.5. The molecule has 0 bridgehead atoms. The Morgan fingerprint density at radius 1 is 1.06 bits per heavy atom. The molecular formula is C31H31N3O2. The van der Waals surface area contributed by atoms with Crippen LogP contribution in [0.3, 0.4) is 0 Å². The number of rotatable bonds is 6. The normalized spacial score (nSPS) is 14.2. The van der Waals surface area contributed by atoms with E-state index in [0.717, 1.165) is 16.7 Å². The summed E-state index contributed by atoms with van der Waals surface area (Å²) >= 11 is 0. The van der Waals surface area contributed by atoms with E-state index in [9.17, 15) is 10.1 Å². The molecule has 1 N–H and O–H groups in total. The molecule has 1 heterocycles. The number of carbonyl (C=O) groups excluding carboxylic acids is 1. The molecule has 5 heteroatoms. The summed E-state index contributed by atoms with van der Waals surface area (Å²) in [7, 11) is 0. The predicted molar refractivity (Wildman–Crippen MR) is 142 cm³/mol. The van der Waals surface area contributed by atoms with E-state index in [-0.39, 0.29) is 11.8 Å². The van der Waals surface area contributed by atoms with Crippen molar-refractivity contribution in [1.82, 2.24) is 10.3 Å². The number of hydrogen-bond acceptors (Lipinski definition) is 4. The summed E-state index contributed by atoms with van der Waals surface area (Å²) < 4.78 is 6.08. The second-order valence-corrected chi connectivity index (χ2v) is 10.0. The van der Waals surface area contributed by atoms with Gasteiger partial charge in [-0.25, -0.2) is 4.98 Å². The van der Waals surface area contributed by atoms with Crippen molar-refractivity contribution >= 4 is 17.0 Å². The summed E-state index contributed by atoms with van der Waals surface area (Å²) in [5, 5.41) is 12.4. The van der Waals surface area contributed by atoms with Gasteiger partial charge in [-0.3, -0.25) is 4.79 Å². The van der Waals surface area contributed by atoms with Crippen LogP contribution in [0.2, 0.25) is 0 Å². The van der Waals surface area contributed by atoms with Crippen LogP contribution in [0.4, 0.5) is 0 Å². The van der Waals surface area contributed by atoms with Crippen molar-refractivity contribution in [2.45, 2.75) is 64.3 Å². The molecule has 1 amide bonds. The fourth-order valence-corrected chi connectivity index (χ4v) is 5.07. The maximum absolute atomic E-state index is 12.7. The number of fused-ring (bicyclic) bond motifs is 1. The van der Waals surface area contributed by atoms with Gasteiger partial charge in [0.15, 0.2) is 5.58 Å². The van der Waals surface area contributed by atoms with Crippen molar-refractivity contribution in [1.29, 1.82) is 5.26 Å². The number of nitrogens with zero attached hydrogens (tertiary/aromatic N) is 2. The number of aromatic nitrogens is 1. The van der Waals surface area contributed by atoms with Crippen molar-refractivity contribution in [2.75, 3.05) is 0 Å². The smallest absolute Gasteiger partial charge is 0.251 e. The van der Waals surface area contributed by atoms with Gasteiger partial charge in [-0.15, -0.1) is 0 Å². The SMILES string of the molecule is CC(C)c1cc(C#N)cc2nc(-c3ccc(C(=O)NCc4ccc(C5CCCCC5)cc4)cc3)oc12. The van der Waals surface area contributed by atoms with Crippen LogP contribution in [0.5, 0.6) is 0 Å². The van der Waals surface area contributed by atoms with Crippen LogP contribution in [-0.2, 0) is 6.54 Å². The predicted octanol–water partition coefficient (Wildman–Crippen LogP) is 7.47. The molecule has 0 spiro atoms. The minimum atomic E-state index is -0.115. The van der Waals surface area contributed by atoms with Crippen LogP contribution in [0.15, 0.2) is 65.1 Å². The van der Waals surface area contributed by atoms with Gasteiger partial charge >= 0.3 is 0 Å². The van der Waals surface area contributed by atoms with E-state index in [1.807, 2.05) is 18.2 Å². The zero-order valence-corrected chi connectivity index (χ0v) is 20.9. The van der Waals surface area contributed by atoms with Crippen molar-refractivity contribution < 1.29 is 9.21 Å². The Hall–Kier alpha value is -3.91. The molecule has 0 aliphatic heterocycles. The van der Waals surface area contributed by atoms with Crippen molar-refractivity contribution in [3.05, 3.63) is 88.5 Å². The molecule has 0 saturated heterocycles. The molecule has 1 aliphatic rings. The van der Waals surface area contributed by atoms with Gasteiger partial charge in [0.2, 0.25) is 5.89 Å². The van der Waals surface area contributed by atoms with E-state index in [1.54, 1.807) is 18.2 Å². The van der Waals surface area contributed by atoms with Gasteiger partial charge in [0, 0.05) is 23.2 Å². The summed E-state index contributed by atoms with van der Waals surface area (Å²) in [6, 6.07) is 21.8. The van der Waals surface area contributed by atoms with E-state index < -0.39 is 0 Å². The third kappa shape index (κ3) is 5.04. The van der Waals surface area contributed by atoms with Crippen LogP contribution < -0.4 is 5.32 Å². The molecule has 5 rings (SSSR count). The molecule has 0 radical (unpaired) electrons. The average molecular weight is 478 g/mol. The standard InChI is InChI=1S/C31H31N3O2/c1-20(2)27-16-22(18-32)17-28-29(27)36-31(34-28)26-14-12-25(13-15-26)30(35)33-19-21-8-10-24(11-9-21)23-6-4-3-5-7-23/h8-17,20,23H,3-7,19H2,1-2H3,(H,33,35). The van der Waals surface area contributed by atoms with E-state index in [1.165, 1.54) is 37.7 Å².